The van der Waals surface area contributed by atoms with Crippen LogP contribution in [0.2, 0.25) is 0 Å². The van der Waals surface area contributed by atoms with Gasteiger partial charge in [-0.05, 0) is 43.4 Å². The van der Waals surface area contributed by atoms with Gasteiger partial charge < -0.3 is 14.6 Å². The quantitative estimate of drug-likeness (QED) is 0.538. The molecule has 1 unspecified atom stereocenters. The normalized spacial score (nSPS) is 21.1. The van der Waals surface area contributed by atoms with Gasteiger partial charge in [0, 0.05) is 31.8 Å². The van der Waals surface area contributed by atoms with Gasteiger partial charge in [0.25, 0.3) is 11.5 Å². The molecular formula is C24H27F5N4O3. The monoisotopic (exact) mass is 514 g/mol. The van der Waals surface area contributed by atoms with E-state index in [4.69, 9.17) is 4.74 Å². The van der Waals surface area contributed by atoms with Crippen molar-refractivity contribution in [2.75, 3.05) is 25.0 Å². The molecule has 12 heteroatoms. The zero-order chi connectivity index (χ0) is 26.1. The van der Waals surface area contributed by atoms with Gasteiger partial charge in [-0.1, -0.05) is 6.07 Å². The van der Waals surface area contributed by atoms with Gasteiger partial charge in [-0.25, -0.2) is 13.8 Å². The first kappa shape index (κ1) is 26.1. The van der Waals surface area contributed by atoms with Crippen molar-refractivity contribution < 1.29 is 31.5 Å². The summed E-state index contributed by atoms with van der Waals surface area (Å²) in [5.41, 5.74) is -1.03. The molecule has 2 aromatic heterocycles. The van der Waals surface area contributed by atoms with Crippen LogP contribution < -0.4 is 15.6 Å². The summed E-state index contributed by atoms with van der Waals surface area (Å²) in [5.74, 6) is -3.71. The number of nitrogens with zero attached hydrogens (tertiary/aromatic N) is 3. The van der Waals surface area contributed by atoms with Crippen molar-refractivity contribution >= 4 is 11.7 Å². The van der Waals surface area contributed by atoms with E-state index in [-0.39, 0.29) is 24.5 Å². The van der Waals surface area contributed by atoms with E-state index in [1.165, 1.54) is 6.20 Å². The Balaban J connectivity index is 1.42. The van der Waals surface area contributed by atoms with E-state index >= 15 is 0 Å². The van der Waals surface area contributed by atoms with Crippen molar-refractivity contribution in [3.05, 3.63) is 52.6 Å². The van der Waals surface area contributed by atoms with Gasteiger partial charge in [0.2, 0.25) is 5.91 Å². The molecule has 7 nitrogen and oxygen atoms in total. The fraction of sp³-hybridized carbons (Fsp3) is 0.542. The minimum atomic E-state index is -4.67. The van der Waals surface area contributed by atoms with Crippen LogP contribution in [0.15, 0.2) is 41.5 Å². The number of piperidine rings is 1. The molecule has 0 bridgehead atoms. The van der Waals surface area contributed by atoms with Crippen molar-refractivity contribution in [1.29, 1.82) is 0 Å². The molecule has 1 amide bonds. The molecule has 2 fully saturated rings. The third-order valence-corrected chi connectivity index (χ3v) is 6.51. The van der Waals surface area contributed by atoms with E-state index in [1.54, 1.807) is 24.0 Å². The Morgan fingerprint density at radius 3 is 2.64 bits per heavy atom. The van der Waals surface area contributed by atoms with Gasteiger partial charge in [-0.15, -0.1) is 0 Å². The molecule has 0 aromatic carbocycles. The predicted octanol–water partition coefficient (Wildman–Crippen LogP) is 4.05. The number of halogens is 5. The smallest absolute Gasteiger partial charge is 0.406 e. The molecule has 2 atom stereocenters. The molecule has 1 aliphatic heterocycles. The number of nitrogens with one attached hydrogen (secondary N) is 1. The fourth-order valence-electron chi connectivity index (χ4n) is 4.13. The van der Waals surface area contributed by atoms with Gasteiger partial charge in [0.05, 0.1) is 24.8 Å². The van der Waals surface area contributed by atoms with Gasteiger partial charge >= 0.3 is 6.18 Å². The van der Waals surface area contributed by atoms with E-state index < -0.39 is 48.5 Å². The third kappa shape index (κ3) is 6.59. The predicted molar refractivity (Wildman–Crippen MR) is 121 cm³/mol. The summed E-state index contributed by atoms with van der Waals surface area (Å²) in [7, 11) is 0. The number of aromatic nitrogens is 2. The van der Waals surface area contributed by atoms with Crippen molar-refractivity contribution in [1.82, 2.24) is 14.5 Å². The molecule has 36 heavy (non-hydrogen) atoms. The Bertz CT molecular complexity index is 1130. The molecule has 1 aliphatic carbocycles. The molecule has 1 saturated carbocycles. The second-order valence-corrected chi connectivity index (χ2v) is 9.40. The van der Waals surface area contributed by atoms with Crippen molar-refractivity contribution in [2.24, 2.45) is 5.92 Å². The van der Waals surface area contributed by atoms with E-state index in [0.29, 0.717) is 22.8 Å². The lowest BCUT2D eigenvalue weighted by Crippen LogP contribution is -2.52. The maximum atomic E-state index is 14.8. The third-order valence-electron chi connectivity index (χ3n) is 6.51. The molecule has 0 radical (unpaired) electrons. The molecule has 2 aliphatic rings. The Hall–Kier alpha value is -3.02. The number of hydrogen-bond acceptors (Lipinski definition) is 5. The molecular weight excluding hydrogens is 487 g/mol. The summed E-state index contributed by atoms with van der Waals surface area (Å²) < 4.78 is 74.0. The Labute approximate surface area is 204 Å². The molecule has 196 valence electrons. The van der Waals surface area contributed by atoms with Crippen molar-refractivity contribution in [2.45, 2.75) is 56.8 Å². The van der Waals surface area contributed by atoms with Crippen LogP contribution in [0.25, 0.3) is 0 Å². The molecule has 0 spiro atoms. The van der Waals surface area contributed by atoms with Gasteiger partial charge in [0.15, 0.2) is 0 Å². The van der Waals surface area contributed by atoms with Crippen LogP contribution in [0.1, 0.15) is 37.7 Å². The summed E-state index contributed by atoms with van der Waals surface area (Å²) in [6.07, 6.45) is -0.624. The summed E-state index contributed by atoms with van der Waals surface area (Å²) in [4.78, 5) is 30.3. The van der Waals surface area contributed by atoms with Crippen LogP contribution in [0.3, 0.4) is 0 Å². The number of amides is 1. The first-order chi connectivity index (χ1) is 16.9. The highest BCUT2D eigenvalue weighted by Gasteiger charge is 2.46. The molecule has 3 heterocycles. The maximum absolute atomic E-state index is 14.8. The van der Waals surface area contributed by atoms with Crippen LogP contribution >= 0.6 is 0 Å². The lowest BCUT2D eigenvalue weighted by atomic mass is 9.87. The van der Waals surface area contributed by atoms with Gasteiger partial charge in [-0.2, -0.15) is 13.2 Å². The lowest BCUT2D eigenvalue weighted by molar-refractivity contribution is -0.141. The van der Waals surface area contributed by atoms with Crippen LogP contribution in [-0.2, 0) is 11.3 Å². The van der Waals surface area contributed by atoms with Crippen molar-refractivity contribution in [3.63, 3.8) is 0 Å². The summed E-state index contributed by atoms with van der Waals surface area (Å²) in [5, 5.41) is 2.66. The summed E-state index contributed by atoms with van der Waals surface area (Å²) in [6, 6.07) is 4.44. The van der Waals surface area contributed by atoms with E-state index in [1.807, 2.05) is 0 Å². The Morgan fingerprint density at radius 2 is 2.00 bits per heavy atom. The average molecular weight is 514 g/mol. The number of carbonyl (C=O) groups excluding carboxylic acids is 1. The van der Waals surface area contributed by atoms with Crippen LogP contribution in [0.5, 0.6) is 5.75 Å². The van der Waals surface area contributed by atoms with Crippen LogP contribution in [0, 0.1) is 5.92 Å². The molecule has 4 rings (SSSR count). The first-order valence-electron chi connectivity index (χ1n) is 11.7. The zero-order valence-corrected chi connectivity index (χ0v) is 19.6. The minimum Gasteiger partial charge on any atom is -0.492 e. The zero-order valence-electron chi connectivity index (χ0n) is 19.6. The molecule has 2 aromatic rings. The second-order valence-electron chi connectivity index (χ2n) is 9.40. The van der Waals surface area contributed by atoms with E-state index in [0.717, 1.165) is 31.2 Å². The highest BCUT2D eigenvalue weighted by Crippen LogP contribution is 2.40. The largest absolute Gasteiger partial charge is 0.492 e. The van der Waals surface area contributed by atoms with E-state index in [2.05, 4.69) is 10.3 Å². The number of hydrogen-bond donors (Lipinski definition) is 1. The van der Waals surface area contributed by atoms with Crippen LogP contribution in [0.4, 0.5) is 27.8 Å². The van der Waals surface area contributed by atoms with Gasteiger partial charge in [0.1, 0.15) is 18.1 Å². The summed E-state index contributed by atoms with van der Waals surface area (Å²) in [6.45, 7) is 0.263. The molecule has 1 N–H and O–H groups in total. The lowest BCUT2D eigenvalue weighted by Gasteiger charge is -2.40. The number of anilines is 1. The number of likely N-dealkylation sites (tertiary alicyclic amines) is 1. The Kier molecular flexibility index (Phi) is 7.35. The minimum absolute atomic E-state index is 0.0817. The Morgan fingerprint density at radius 1 is 1.25 bits per heavy atom. The topological polar surface area (TPSA) is 76.5 Å². The van der Waals surface area contributed by atoms with Crippen molar-refractivity contribution in [3.8, 4) is 5.75 Å². The number of ether oxygens (including phenoxy) is 1. The highest BCUT2D eigenvalue weighted by atomic mass is 19.4. The second kappa shape index (κ2) is 10.2. The fourth-order valence-corrected chi connectivity index (χ4v) is 4.13. The first-order valence-corrected chi connectivity index (χ1v) is 11.7. The average Bonchev–Trinajstić information content (AvgIpc) is 3.63. The number of rotatable bonds is 8. The standard InChI is InChI=1S/C24H27F5N4O3/c1-15(22(35)31-20-6-5-18(10-30-20)36-13-16-2-3-16)32-9-8-23(25,26)19(12-32)17-4-7-21(34)33(11-17)14-24(27,28)29/h4-7,10-11,15-16,19H,2-3,8-9,12-14H2,1H3,(H,30,31,35)/t15?,19-/m1/s1. The summed E-state index contributed by atoms with van der Waals surface area (Å²) >= 11 is 0. The maximum Gasteiger partial charge on any atom is 0.406 e. The SMILES string of the molecule is CC(C(=O)Nc1ccc(OCC2CC2)cn1)N1CCC(F)(F)[C@@H](c2ccc(=O)n(CC(F)(F)F)c2)C1. The highest BCUT2D eigenvalue weighted by molar-refractivity contribution is 5.93. The van der Waals surface area contributed by atoms with Gasteiger partial charge in [-0.3, -0.25) is 14.5 Å². The number of carbonyl (C=O) groups is 1. The van der Waals surface area contributed by atoms with E-state index in [9.17, 15) is 31.5 Å². The number of pyridine rings is 2. The van der Waals surface area contributed by atoms with Crippen LogP contribution in [-0.4, -0.2) is 58.2 Å². The molecule has 1 saturated heterocycles. The number of alkyl halides is 5.